The van der Waals surface area contributed by atoms with Gasteiger partial charge in [-0.05, 0) is 31.0 Å². The second-order valence-corrected chi connectivity index (χ2v) is 4.71. The van der Waals surface area contributed by atoms with Gasteiger partial charge in [0.05, 0.1) is 5.56 Å². The lowest BCUT2D eigenvalue weighted by Gasteiger charge is -2.30. The summed E-state index contributed by atoms with van der Waals surface area (Å²) in [4.78, 5) is 24.7. The van der Waals surface area contributed by atoms with Crippen LogP contribution in [0, 0.1) is 11.7 Å². The Morgan fingerprint density at radius 3 is 2.47 bits per heavy atom. The van der Waals surface area contributed by atoms with Crippen molar-refractivity contribution >= 4 is 17.5 Å². The third-order valence-corrected chi connectivity index (χ3v) is 3.41. The Bertz CT molecular complexity index is 511. The molecule has 5 nitrogen and oxygen atoms in total. The van der Waals surface area contributed by atoms with E-state index in [1.807, 2.05) is 0 Å². The molecule has 0 aliphatic carbocycles. The molecule has 1 heterocycles. The maximum atomic E-state index is 13.6. The largest absolute Gasteiger partial charge is 0.399 e. The molecule has 1 aromatic rings. The summed E-state index contributed by atoms with van der Waals surface area (Å²) in [5, 5.41) is 0. The lowest BCUT2D eigenvalue weighted by atomic mass is 9.96. The molecule has 0 spiro atoms. The number of benzene rings is 1. The van der Waals surface area contributed by atoms with Crippen molar-refractivity contribution in [3.05, 3.63) is 29.6 Å². The fraction of sp³-hybridized carbons (Fsp3) is 0.385. The molecule has 6 heteroatoms. The van der Waals surface area contributed by atoms with E-state index in [2.05, 4.69) is 0 Å². The molecule has 1 saturated heterocycles. The highest BCUT2D eigenvalue weighted by Gasteiger charge is 2.27. The molecule has 1 aromatic carbocycles. The molecule has 19 heavy (non-hydrogen) atoms. The van der Waals surface area contributed by atoms with E-state index >= 15 is 0 Å². The van der Waals surface area contributed by atoms with Crippen LogP contribution in [0.3, 0.4) is 0 Å². The minimum atomic E-state index is -0.587. The van der Waals surface area contributed by atoms with E-state index < -0.39 is 11.7 Å². The molecule has 0 atom stereocenters. The molecule has 0 bridgehead atoms. The van der Waals surface area contributed by atoms with Crippen LogP contribution in [-0.4, -0.2) is 29.8 Å². The van der Waals surface area contributed by atoms with Crippen molar-refractivity contribution in [2.45, 2.75) is 12.8 Å². The van der Waals surface area contributed by atoms with Crippen LogP contribution >= 0.6 is 0 Å². The van der Waals surface area contributed by atoms with Gasteiger partial charge in [-0.3, -0.25) is 9.59 Å². The van der Waals surface area contributed by atoms with Gasteiger partial charge in [0.15, 0.2) is 0 Å². The SMILES string of the molecule is NC(=O)C1CCN(C(=O)c2cc(N)ccc2F)CC1. The van der Waals surface area contributed by atoms with Crippen LogP contribution in [0.15, 0.2) is 18.2 Å². The molecule has 0 aromatic heterocycles. The predicted octanol–water partition coefficient (Wildman–Crippen LogP) is 0.745. The van der Waals surface area contributed by atoms with Gasteiger partial charge in [-0.15, -0.1) is 0 Å². The molecule has 102 valence electrons. The van der Waals surface area contributed by atoms with Crippen molar-refractivity contribution in [3.63, 3.8) is 0 Å². The molecule has 0 saturated carbocycles. The number of likely N-dealkylation sites (tertiary alicyclic amines) is 1. The highest BCUT2D eigenvalue weighted by molar-refractivity contribution is 5.95. The zero-order chi connectivity index (χ0) is 14.0. The topological polar surface area (TPSA) is 89.4 Å². The van der Waals surface area contributed by atoms with Crippen LogP contribution in [0.5, 0.6) is 0 Å². The first-order valence-corrected chi connectivity index (χ1v) is 6.12. The van der Waals surface area contributed by atoms with Crippen LogP contribution < -0.4 is 11.5 Å². The molecule has 2 amide bonds. The summed E-state index contributed by atoms with van der Waals surface area (Å²) in [5.41, 5.74) is 11.1. The summed E-state index contributed by atoms with van der Waals surface area (Å²) in [6, 6.07) is 3.92. The zero-order valence-corrected chi connectivity index (χ0v) is 10.4. The number of carbonyl (C=O) groups is 2. The average molecular weight is 265 g/mol. The molecule has 0 unspecified atom stereocenters. The summed E-state index contributed by atoms with van der Waals surface area (Å²) >= 11 is 0. The van der Waals surface area contributed by atoms with Gasteiger partial charge in [-0.25, -0.2) is 4.39 Å². The minimum absolute atomic E-state index is 0.0301. The summed E-state index contributed by atoms with van der Waals surface area (Å²) < 4.78 is 13.6. The van der Waals surface area contributed by atoms with Gasteiger partial charge in [-0.1, -0.05) is 0 Å². The number of anilines is 1. The van der Waals surface area contributed by atoms with E-state index in [1.54, 1.807) is 0 Å². The van der Waals surface area contributed by atoms with E-state index in [9.17, 15) is 14.0 Å². The standard InChI is InChI=1S/C13H16FN3O2/c14-11-2-1-9(15)7-10(11)13(19)17-5-3-8(4-6-17)12(16)18/h1-2,7-8H,3-6,15H2,(H2,16,18). The van der Waals surface area contributed by atoms with Crippen LogP contribution in [0.2, 0.25) is 0 Å². The summed E-state index contributed by atoms with van der Waals surface area (Å²) in [6.45, 7) is 0.807. The van der Waals surface area contributed by atoms with Gasteiger partial charge in [0.1, 0.15) is 5.82 Å². The van der Waals surface area contributed by atoms with Crippen molar-refractivity contribution in [2.75, 3.05) is 18.8 Å². The highest BCUT2D eigenvalue weighted by atomic mass is 19.1. The normalized spacial score (nSPS) is 16.4. The Morgan fingerprint density at radius 2 is 1.89 bits per heavy atom. The lowest BCUT2D eigenvalue weighted by molar-refractivity contribution is -0.123. The first-order chi connectivity index (χ1) is 8.99. The molecule has 1 aliphatic heterocycles. The molecule has 1 fully saturated rings. The second-order valence-electron chi connectivity index (χ2n) is 4.71. The Labute approximate surface area is 110 Å². The van der Waals surface area contributed by atoms with Crippen molar-refractivity contribution in [2.24, 2.45) is 11.7 Å². The summed E-state index contributed by atoms with van der Waals surface area (Å²) in [6.07, 6.45) is 1.04. The zero-order valence-electron chi connectivity index (χ0n) is 10.4. The number of halogens is 1. The Hall–Kier alpha value is -2.11. The Kier molecular flexibility index (Phi) is 3.69. The molecule has 1 aliphatic rings. The molecule has 0 radical (unpaired) electrons. The number of hydrogen-bond acceptors (Lipinski definition) is 3. The predicted molar refractivity (Wildman–Crippen MR) is 68.6 cm³/mol. The second kappa shape index (κ2) is 5.26. The van der Waals surface area contributed by atoms with E-state index in [0.29, 0.717) is 31.6 Å². The number of piperidine rings is 1. The molecular weight excluding hydrogens is 249 g/mol. The number of carbonyl (C=O) groups excluding carboxylic acids is 2. The number of primary amides is 1. The fourth-order valence-corrected chi connectivity index (χ4v) is 2.24. The van der Waals surface area contributed by atoms with Crippen LogP contribution in [0.25, 0.3) is 0 Å². The lowest BCUT2D eigenvalue weighted by Crippen LogP contribution is -2.42. The van der Waals surface area contributed by atoms with Crippen molar-refractivity contribution in [3.8, 4) is 0 Å². The van der Waals surface area contributed by atoms with Gasteiger partial charge in [0.25, 0.3) is 5.91 Å². The van der Waals surface area contributed by atoms with Gasteiger partial charge in [0.2, 0.25) is 5.91 Å². The number of rotatable bonds is 2. The van der Waals surface area contributed by atoms with Crippen molar-refractivity contribution in [1.82, 2.24) is 4.90 Å². The quantitative estimate of drug-likeness (QED) is 0.773. The minimum Gasteiger partial charge on any atom is -0.399 e. The van der Waals surface area contributed by atoms with Crippen molar-refractivity contribution in [1.29, 1.82) is 0 Å². The summed E-state index contributed by atoms with van der Waals surface area (Å²) in [7, 11) is 0. The van der Waals surface area contributed by atoms with Crippen LogP contribution in [-0.2, 0) is 4.79 Å². The van der Waals surface area contributed by atoms with Gasteiger partial charge in [0, 0.05) is 24.7 Å². The highest BCUT2D eigenvalue weighted by Crippen LogP contribution is 2.20. The molecule has 4 N–H and O–H groups in total. The van der Waals surface area contributed by atoms with E-state index in [4.69, 9.17) is 11.5 Å². The fourth-order valence-electron chi connectivity index (χ4n) is 2.24. The van der Waals surface area contributed by atoms with Gasteiger partial charge < -0.3 is 16.4 Å². The maximum absolute atomic E-state index is 13.6. The Morgan fingerprint density at radius 1 is 1.26 bits per heavy atom. The maximum Gasteiger partial charge on any atom is 0.256 e. The van der Waals surface area contributed by atoms with Crippen molar-refractivity contribution < 1.29 is 14.0 Å². The van der Waals surface area contributed by atoms with Crippen LogP contribution in [0.4, 0.5) is 10.1 Å². The third kappa shape index (κ3) is 2.83. The number of nitrogen functional groups attached to an aromatic ring is 1. The number of nitrogens with two attached hydrogens (primary N) is 2. The Balaban J connectivity index is 2.09. The number of nitrogens with zero attached hydrogens (tertiary/aromatic N) is 1. The van der Waals surface area contributed by atoms with E-state index in [-0.39, 0.29) is 17.4 Å². The average Bonchev–Trinajstić information content (AvgIpc) is 2.41. The van der Waals surface area contributed by atoms with Crippen LogP contribution in [0.1, 0.15) is 23.2 Å². The number of hydrogen-bond donors (Lipinski definition) is 2. The first kappa shape index (κ1) is 13.3. The van der Waals surface area contributed by atoms with Gasteiger partial charge >= 0.3 is 0 Å². The summed E-state index contributed by atoms with van der Waals surface area (Å²) in [5.74, 6) is -1.53. The number of amides is 2. The van der Waals surface area contributed by atoms with E-state index in [0.717, 1.165) is 0 Å². The monoisotopic (exact) mass is 265 g/mol. The molecule has 2 rings (SSSR count). The van der Waals surface area contributed by atoms with Gasteiger partial charge in [-0.2, -0.15) is 0 Å². The third-order valence-electron chi connectivity index (χ3n) is 3.41. The molecular formula is C13H16FN3O2. The smallest absolute Gasteiger partial charge is 0.256 e. The van der Waals surface area contributed by atoms with E-state index in [1.165, 1.54) is 23.1 Å². The first-order valence-electron chi connectivity index (χ1n) is 6.12.